The number of fused-ring (bicyclic) bond motifs is 3. The molecule has 2 aliphatic rings. The Morgan fingerprint density at radius 2 is 2.00 bits per heavy atom. The smallest absolute Gasteiger partial charge is 0.254 e. The van der Waals surface area contributed by atoms with Gasteiger partial charge in [-0.15, -0.1) is 0 Å². The highest BCUT2D eigenvalue weighted by Gasteiger charge is 2.44. The molecule has 3 aromatic rings. The molecule has 1 spiro atoms. The Bertz CT molecular complexity index is 1090. The lowest BCUT2D eigenvalue weighted by atomic mass is 9.76. The van der Waals surface area contributed by atoms with Gasteiger partial charge in [0.2, 0.25) is 11.8 Å². The molecular formula is C21H22N4O3. The van der Waals surface area contributed by atoms with Crippen molar-refractivity contribution >= 4 is 17.0 Å². The predicted octanol–water partition coefficient (Wildman–Crippen LogP) is 2.27. The monoisotopic (exact) mass is 378 g/mol. The maximum absolute atomic E-state index is 12.8. The summed E-state index contributed by atoms with van der Waals surface area (Å²) in [5, 5.41) is 0. The van der Waals surface area contributed by atoms with Crippen LogP contribution in [0.3, 0.4) is 0 Å². The van der Waals surface area contributed by atoms with Crippen LogP contribution in [0.5, 0.6) is 0 Å². The quantitative estimate of drug-likeness (QED) is 0.738. The minimum absolute atomic E-state index is 0.00570. The third kappa shape index (κ3) is 2.73. The molecule has 0 atom stereocenters. The summed E-state index contributed by atoms with van der Waals surface area (Å²) < 4.78 is 5.69. The van der Waals surface area contributed by atoms with Gasteiger partial charge in [0.15, 0.2) is 5.58 Å². The Kier molecular flexibility index (Phi) is 3.86. The highest BCUT2D eigenvalue weighted by molar-refractivity contribution is 5.79. The number of nitrogens with zero attached hydrogens (tertiary/aromatic N) is 3. The van der Waals surface area contributed by atoms with Crippen LogP contribution in [0.15, 0.2) is 33.5 Å². The number of likely N-dealkylation sites (tertiary alicyclic amines) is 1. The lowest BCUT2D eigenvalue weighted by molar-refractivity contribution is -0.132. The number of benzene rings is 1. The highest BCUT2D eigenvalue weighted by atomic mass is 16.3. The van der Waals surface area contributed by atoms with E-state index in [0.717, 1.165) is 42.5 Å². The zero-order valence-corrected chi connectivity index (χ0v) is 15.8. The number of H-pyrrole nitrogens is 1. The summed E-state index contributed by atoms with van der Waals surface area (Å²) in [7, 11) is 0. The van der Waals surface area contributed by atoms with Gasteiger partial charge < -0.3 is 14.3 Å². The fourth-order valence-electron chi connectivity index (χ4n) is 4.67. The normalized spacial score (nSPS) is 18.0. The van der Waals surface area contributed by atoms with Crippen molar-refractivity contribution in [1.82, 2.24) is 19.9 Å². The first-order valence-electron chi connectivity index (χ1n) is 9.77. The van der Waals surface area contributed by atoms with Crippen molar-refractivity contribution in [3.05, 3.63) is 57.6 Å². The number of oxazole rings is 1. The van der Waals surface area contributed by atoms with Crippen LogP contribution in [0.4, 0.5) is 0 Å². The third-order valence-electron chi connectivity index (χ3n) is 6.20. The Morgan fingerprint density at radius 3 is 2.79 bits per heavy atom. The van der Waals surface area contributed by atoms with Gasteiger partial charge in [-0.3, -0.25) is 9.59 Å². The van der Waals surface area contributed by atoms with Gasteiger partial charge in [0.1, 0.15) is 17.8 Å². The molecule has 1 fully saturated rings. The number of para-hydroxylation sites is 2. The number of hydrogen-bond donors (Lipinski definition) is 1. The van der Waals surface area contributed by atoms with Crippen LogP contribution >= 0.6 is 0 Å². The molecule has 1 saturated heterocycles. The van der Waals surface area contributed by atoms with E-state index in [1.165, 1.54) is 0 Å². The lowest BCUT2D eigenvalue weighted by Gasteiger charge is -2.39. The largest absolute Gasteiger partial charge is 0.440 e. The van der Waals surface area contributed by atoms with Crippen molar-refractivity contribution in [2.45, 2.75) is 44.4 Å². The van der Waals surface area contributed by atoms with Crippen molar-refractivity contribution in [3.63, 3.8) is 0 Å². The molecule has 0 saturated carbocycles. The van der Waals surface area contributed by atoms with Crippen LogP contribution in [0.1, 0.15) is 42.2 Å². The van der Waals surface area contributed by atoms with Crippen LogP contribution in [-0.4, -0.2) is 38.8 Å². The van der Waals surface area contributed by atoms with E-state index < -0.39 is 0 Å². The SMILES string of the molecule is Cc1nc2c(c(=O)[nH]1)CCC21CCN(C(=O)Cc2nc3ccccc3o2)CC1. The molecule has 1 amide bonds. The van der Waals surface area contributed by atoms with E-state index in [4.69, 9.17) is 4.42 Å². The van der Waals surface area contributed by atoms with Gasteiger partial charge in [-0.25, -0.2) is 9.97 Å². The second-order valence-corrected chi connectivity index (χ2v) is 7.89. The van der Waals surface area contributed by atoms with Crippen molar-refractivity contribution < 1.29 is 9.21 Å². The van der Waals surface area contributed by atoms with Gasteiger partial charge in [0.25, 0.3) is 5.56 Å². The van der Waals surface area contributed by atoms with E-state index in [1.807, 2.05) is 36.1 Å². The number of aromatic nitrogens is 3. The highest BCUT2D eigenvalue weighted by Crippen LogP contribution is 2.44. The van der Waals surface area contributed by atoms with Crippen LogP contribution in [0.25, 0.3) is 11.1 Å². The molecule has 1 aromatic carbocycles. The Hall–Kier alpha value is -2.96. The van der Waals surface area contributed by atoms with Gasteiger partial charge >= 0.3 is 0 Å². The summed E-state index contributed by atoms with van der Waals surface area (Å²) in [4.78, 5) is 38.8. The van der Waals surface area contributed by atoms with Crippen molar-refractivity contribution in [1.29, 1.82) is 0 Å². The van der Waals surface area contributed by atoms with Crippen LogP contribution in [0.2, 0.25) is 0 Å². The molecule has 1 N–H and O–H groups in total. The predicted molar refractivity (Wildman–Crippen MR) is 103 cm³/mol. The summed E-state index contributed by atoms with van der Waals surface area (Å²) in [6.45, 7) is 3.17. The molecule has 3 heterocycles. The van der Waals surface area contributed by atoms with E-state index in [9.17, 15) is 9.59 Å². The summed E-state index contributed by atoms with van der Waals surface area (Å²) in [5.74, 6) is 1.16. The molecule has 7 heteroatoms. The molecular weight excluding hydrogens is 356 g/mol. The second-order valence-electron chi connectivity index (χ2n) is 7.89. The van der Waals surface area contributed by atoms with Crippen molar-refractivity contribution in [2.75, 3.05) is 13.1 Å². The van der Waals surface area contributed by atoms with Crippen LogP contribution in [-0.2, 0) is 23.1 Å². The van der Waals surface area contributed by atoms with Gasteiger partial charge in [-0.1, -0.05) is 12.1 Å². The molecule has 144 valence electrons. The number of aromatic amines is 1. The Morgan fingerprint density at radius 1 is 1.21 bits per heavy atom. The Balaban J connectivity index is 1.30. The number of carbonyl (C=O) groups is 1. The van der Waals surface area contributed by atoms with Gasteiger partial charge in [-0.2, -0.15) is 0 Å². The number of hydrogen-bond acceptors (Lipinski definition) is 5. The Labute approximate surface area is 161 Å². The minimum Gasteiger partial charge on any atom is -0.440 e. The summed E-state index contributed by atoms with van der Waals surface area (Å²) in [5.41, 5.74) is 3.20. The van der Waals surface area contributed by atoms with Gasteiger partial charge in [-0.05, 0) is 44.7 Å². The van der Waals surface area contributed by atoms with Crippen molar-refractivity contribution in [2.24, 2.45) is 0 Å². The maximum atomic E-state index is 12.8. The van der Waals surface area contributed by atoms with E-state index in [-0.39, 0.29) is 23.3 Å². The van der Waals surface area contributed by atoms with E-state index >= 15 is 0 Å². The molecule has 1 aliphatic heterocycles. The number of aryl methyl sites for hydroxylation is 1. The lowest BCUT2D eigenvalue weighted by Crippen LogP contribution is -2.45. The topological polar surface area (TPSA) is 92.1 Å². The number of rotatable bonds is 2. The zero-order chi connectivity index (χ0) is 19.3. The van der Waals surface area contributed by atoms with Gasteiger partial charge in [0, 0.05) is 24.1 Å². The molecule has 0 radical (unpaired) electrons. The number of nitrogens with one attached hydrogen (secondary N) is 1. The van der Waals surface area contributed by atoms with Crippen LogP contribution in [0, 0.1) is 6.92 Å². The first kappa shape index (κ1) is 17.2. The fourth-order valence-corrected chi connectivity index (χ4v) is 4.67. The van der Waals surface area contributed by atoms with E-state index in [0.29, 0.717) is 30.4 Å². The maximum Gasteiger partial charge on any atom is 0.254 e. The fraction of sp³-hybridized carbons (Fsp3) is 0.429. The van der Waals surface area contributed by atoms with Crippen LogP contribution < -0.4 is 5.56 Å². The average molecular weight is 378 g/mol. The third-order valence-corrected chi connectivity index (χ3v) is 6.20. The minimum atomic E-state index is -0.0667. The zero-order valence-electron chi connectivity index (χ0n) is 15.8. The summed E-state index contributed by atoms with van der Waals surface area (Å²) in [6, 6.07) is 7.53. The molecule has 7 nitrogen and oxygen atoms in total. The van der Waals surface area contributed by atoms with E-state index in [1.54, 1.807) is 0 Å². The molecule has 5 rings (SSSR count). The standard InChI is InChI=1S/C21H22N4O3/c1-13-22-19-14(20(27)23-13)6-7-21(19)8-10-25(11-9-21)18(26)12-17-24-15-4-2-3-5-16(15)28-17/h2-5H,6-12H2,1H3,(H,22,23,27). The summed E-state index contributed by atoms with van der Waals surface area (Å²) >= 11 is 0. The van der Waals surface area contributed by atoms with Gasteiger partial charge in [0.05, 0.1) is 5.69 Å². The molecule has 28 heavy (non-hydrogen) atoms. The molecule has 0 bridgehead atoms. The van der Waals surface area contributed by atoms with E-state index in [2.05, 4.69) is 15.0 Å². The first-order valence-corrected chi connectivity index (χ1v) is 9.77. The second kappa shape index (κ2) is 6.29. The molecule has 2 aromatic heterocycles. The first-order chi connectivity index (χ1) is 13.5. The average Bonchev–Trinajstić information content (AvgIpc) is 3.24. The summed E-state index contributed by atoms with van der Waals surface area (Å²) in [6.07, 6.45) is 3.57. The molecule has 1 aliphatic carbocycles. The number of amides is 1. The molecule has 0 unspecified atom stereocenters. The number of carbonyl (C=O) groups excluding carboxylic acids is 1. The van der Waals surface area contributed by atoms with Crippen molar-refractivity contribution in [3.8, 4) is 0 Å². The number of piperidine rings is 1.